The molecule has 2 fully saturated rings. The summed E-state index contributed by atoms with van der Waals surface area (Å²) < 4.78 is 0. The number of nitrogens with zero attached hydrogens (tertiary/aromatic N) is 2. The van der Waals surface area contributed by atoms with Crippen LogP contribution in [0.3, 0.4) is 0 Å². The fourth-order valence-electron chi connectivity index (χ4n) is 6.12. The molecule has 1 aliphatic carbocycles. The second-order valence-electron chi connectivity index (χ2n) is 10.7. The first-order valence-corrected chi connectivity index (χ1v) is 14.7. The highest BCUT2D eigenvalue weighted by Gasteiger charge is 2.62. The molecule has 0 bridgehead atoms. The average molecular weight is 571 g/mol. The van der Waals surface area contributed by atoms with Crippen molar-refractivity contribution in [3.8, 4) is 0 Å². The van der Waals surface area contributed by atoms with Crippen LogP contribution in [0.2, 0.25) is 10.0 Å². The minimum Gasteiger partial charge on any atom is -0.347 e. The molecule has 1 aromatic heterocycles. The molecule has 2 amide bonds. The van der Waals surface area contributed by atoms with Gasteiger partial charge in [-0.25, -0.2) is 0 Å². The molecular weight excluding hydrogens is 537 g/mol. The van der Waals surface area contributed by atoms with Crippen molar-refractivity contribution in [3.05, 3.63) is 92.1 Å². The minimum absolute atomic E-state index is 0.0116. The number of amides is 2. The van der Waals surface area contributed by atoms with E-state index in [2.05, 4.69) is 28.4 Å². The molecule has 200 valence electrons. The van der Waals surface area contributed by atoms with Crippen molar-refractivity contribution in [2.24, 2.45) is 5.92 Å². The lowest BCUT2D eigenvalue weighted by Gasteiger charge is -2.43. The first-order valence-electron chi connectivity index (χ1n) is 13.0. The zero-order chi connectivity index (χ0) is 26.9. The monoisotopic (exact) mass is 569 g/mol. The largest absolute Gasteiger partial charge is 0.347 e. The third kappa shape index (κ3) is 5.37. The lowest BCUT2D eigenvalue weighted by atomic mass is 9.80. The van der Waals surface area contributed by atoms with Gasteiger partial charge in [0.15, 0.2) is 0 Å². The molecule has 2 unspecified atom stereocenters. The molecule has 1 aliphatic heterocycles. The highest BCUT2D eigenvalue weighted by Crippen LogP contribution is 2.57. The van der Waals surface area contributed by atoms with Gasteiger partial charge in [-0.3, -0.25) is 9.59 Å². The van der Waals surface area contributed by atoms with Gasteiger partial charge in [-0.15, -0.1) is 11.3 Å². The molecule has 0 radical (unpaired) electrons. The predicted octanol–water partition coefficient (Wildman–Crippen LogP) is 6.10. The smallest absolute Gasteiger partial charge is 0.233 e. The number of halogens is 2. The Hall–Kier alpha value is -2.38. The summed E-state index contributed by atoms with van der Waals surface area (Å²) in [4.78, 5) is 31.6. The summed E-state index contributed by atoms with van der Waals surface area (Å²) in [5.41, 5.74) is 1.13. The van der Waals surface area contributed by atoms with Crippen LogP contribution in [0.5, 0.6) is 0 Å². The zero-order valence-electron chi connectivity index (χ0n) is 21.8. The van der Waals surface area contributed by atoms with Crippen molar-refractivity contribution in [1.82, 2.24) is 15.1 Å². The number of nitrogens with one attached hydrogen (secondary N) is 1. The number of carbonyl (C=O) groups is 2. The molecule has 8 heteroatoms. The average Bonchev–Trinajstić information content (AvgIpc) is 3.38. The van der Waals surface area contributed by atoms with Gasteiger partial charge in [0.2, 0.25) is 11.8 Å². The number of likely N-dealkylation sites (N-methyl/N-ethyl adjacent to an activating group) is 1. The quantitative estimate of drug-likeness (QED) is 0.356. The third-order valence-electron chi connectivity index (χ3n) is 8.17. The number of carbonyl (C=O) groups excluding carboxylic acids is 2. The lowest BCUT2D eigenvalue weighted by Crippen LogP contribution is -2.53. The van der Waals surface area contributed by atoms with Crippen LogP contribution in [0.1, 0.15) is 42.2 Å². The van der Waals surface area contributed by atoms with Crippen LogP contribution in [0.25, 0.3) is 0 Å². The first-order chi connectivity index (χ1) is 18.2. The Morgan fingerprint density at radius 2 is 1.76 bits per heavy atom. The topological polar surface area (TPSA) is 52.7 Å². The van der Waals surface area contributed by atoms with Crippen LogP contribution in [0, 0.1) is 5.92 Å². The van der Waals surface area contributed by atoms with Crippen molar-refractivity contribution in [2.75, 3.05) is 26.7 Å². The fourth-order valence-corrected chi connectivity index (χ4v) is 7.18. The van der Waals surface area contributed by atoms with E-state index in [1.165, 1.54) is 0 Å². The van der Waals surface area contributed by atoms with E-state index in [1.807, 2.05) is 53.7 Å². The molecule has 1 N–H and O–H groups in total. The highest BCUT2D eigenvalue weighted by atomic mass is 35.5. The zero-order valence-corrected chi connectivity index (χ0v) is 24.1. The molecule has 1 saturated carbocycles. The molecule has 5 rings (SSSR count). The van der Waals surface area contributed by atoms with Crippen molar-refractivity contribution in [1.29, 1.82) is 0 Å². The fraction of sp³-hybridized carbons (Fsp3) is 0.400. The van der Waals surface area contributed by atoms with Gasteiger partial charge in [0.1, 0.15) is 0 Å². The maximum Gasteiger partial charge on any atom is 0.233 e. The van der Waals surface area contributed by atoms with Crippen molar-refractivity contribution >= 4 is 46.4 Å². The standard InChI is InChI=1S/C30H33Cl2N3O2S/c1-21(36)33-29(22-7-4-3-5-8-22)12-14-35(15-13-29)19-24-18-30(24,23-10-11-26(31)27(32)17-23)28(37)34(2)20-25-9-6-16-38-25/h3-11,16-17,24H,12-15,18-20H2,1-2H3,(H,33,36). The number of rotatable bonds is 8. The van der Waals surface area contributed by atoms with Crippen LogP contribution in [0.4, 0.5) is 0 Å². The molecule has 1 saturated heterocycles. The van der Waals surface area contributed by atoms with Gasteiger partial charge in [-0.1, -0.05) is 65.7 Å². The summed E-state index contributed by atoms with van der Waals surface area (Å²) in [5, 5.41) is 6.26. The van der Waals surface area contributed by atoms with E-state index in [9.17, 15) is 9.59 Å². The van der Waals surface area contributed by atoms with Gasteiger partial charge in [-0.2, -0.15) is 0 Å². The maximum absolute atomic E-state index is 14.0. The number of piperidine rings is 1. The summed E-state index contributed by atoms with van der Waals surface area (Å²) in [6, 6.07) is 20.0. The third-order valence-corrected chi connectivity index (χ3v) is 9.77. The van der Waals surface area contributed by atoms with Crippen LogP contribution in [-0.4, -0.2) is 48.3 Å². The van der Waals surface area contributed by atoms with Gasteiger partial charge < -0.3 is 15.1 Å². The second-order valence-corrected chi connectivity index (χ2v) is 12.5. The van der Waals surface area contributed by atoms with Crippen molar-refractivity contribution in [3.63, 3.8) is 0 Å². The molecule has 2 aliphatic rings. The van der Waals surface area contributed by atoms with Gasteiger partial charge >= 0.3 is 0 Å². The van der Waals surface area contributed by atoms with Crippen LogP contribution in [-0.2, 0) is 27.1 Å². The summed E-state index contributed by atoms with van der Waals surface area (Å²) in [5.74, 6) is 0.300. The molecule has 3 aromatic rings. The van der Waals surface area contributed by atoms with E-state index < -0.39 is 5.41 Å². The molecule has 0 spiro atoms. The Balaban J connectivity index is 1.33. The number of likely N-dealkylation sites (tertiary alicyclic amines) is 1. The Morgan fingerprint density at radius 1 is 1.03 bits per heavy atom. The number of hydrogen-bond acceptors (Lipinski definition) is 4. The maximum atomic E-state index is 14.0. The lowest BCUT2D eigenvalue weighted by molar-refractivity contribution is -0.133. The van der Waals surface area contributed by atoms with E-state index in [1.54, 1.807) is 24.3 Å². The van der Waals surface area contributed by atoms with Gasteiger partial charge in [0.25, 0.3) is 0 Å². The van der Waals surface area contributed by atoms with Gasteiger partial charge in [0.05, 0.1) is 27.5 Å². The van der Waals surface area contributed by atoms with Crippen LogP contribution < -0.4 is 5.32 Å². The van der Waals surface area contributed by atoms with Gasteiger partial charge in [-0.05, 0) is 59.9 Å². The van der Waals surface area contributed by atoms with Crippen LogP contribution in [0.15, 0.2) is 66.0 Å². The number of hydrogen-bond donors (Lipinski definition) is 1. The first kappa shape index (κ1) is 27.2. The number of thiophene rings is 1. The SMILES string of the molecule is CC(=O)NC1(c2ccccc2)CCN(CC2CC2(C(=O)N(C)Cc2cccs2)c2ccc(Cl)c(Cl)c2)CC1. The predicted molar refractivity (Wildman–Crippen MR) is 155 cm³/mol. The summed E-state index contributed by atoms with van der Waals surface area (Å²) in [7, 11) is 1.89. The summed E-state index contributed by atoms with van der Waals surface area (Å²) >= 11 is 14.3. The second kappa shape index (κ2) is 11.0. The molecular formula is C30H33Cl2N3O2S. The molecule has 2 atom stereocenters. The molecule has 2 heterocycles. The van der Waals surface area contributed by atoms with Gasteiger partial charge in [0, 0.05) is 38.5 Å². The normalized spacial score (nSPS) is 22.6. The summed E-state index contributed by atoms with van der Waals surface area (Å²) in [6.45, 7) is 4.70. The Labute approximate surface area is 238 Å². The van der Waals surface area contributed by atoms with Crippen LogP contribution >= 0.6 is 34.5 Å². The van der Waals surface area contributed by atoms with E-state index in [0.717, 1.165) is 54.9 Å². The van der Waals surface area contributed by atoms with Crippen molar-refractivity contribution < 1.29 is 9.59 Å². The number of benzene rings is 2. The minimum atomic E-state index is -0.605. The molecule has 5 nitrogen and oxygen atoms in total. The Morgan fingerprint density at radius 3 is 2.39 bits per heavy atom. The van der Waals surface area contributed by atoms with E-state index in [-0.39, 0.29) is 23.3 Å². The van der Waals surface area contributed by atoms with Crippen molar-refractivity contribution in [2.45, 2.75) is 43.7 Å². The highest BCUT2D eigenvalue weighted by molar-refractivity contribution is 7.09. The van der Waals surface area contributed by atoms with E-state index >= 15 is 0 Å². The Kier molecular flexibility index (Phi) is 7.88. The summed E-state index contributed by atoms with van der Waals surface area (Å²) in [6.07, 6.45) is 2.44. The molecule has 2 aromatic carbocycles. The molecule has 38 heavy (non-hydrogen) atoms. The Bertz CT molecular complexity index is 1290. The van der Waals surface area contributed by atoms with E-state index in [0.29, 0.717) is 16.6 Å². The van der Waals surface area contributed by atoms with E-state index in [4.69, 9.17) is 23.2 Å².